The van der Waals surface area contributed by atoms with Gasteiger partial charge in [-0.3, -0.25) is 5.14 Å². The molecule has 0 aliphatic rings. The first-order valence-electron chi connectivity index (χ1n) is 2.22. The SMILES string of the molecule is NSc1scc(Br)c1SF. The van der Waals surface area contributed by atoms with Gasteiger partial charge in [-0.25, -0.2) is 0 Å². The molecule has 10 heavy (non-hydrogen) atoms. The summed E-state index contributed by atoms with van der Waals surface area (Å²) in [6, 6.07) is 0. The first-order chi connectivity index (χ1) is 4.79. The Labute approximate surface area is 79.1 Å². The molecule has 0 saturated carbocycles. The van der Waals surface area contributed by atoms with Crippen molar-refractivity contribution in [1.82, 2.24) is 0 Å². The maximum Gasteiger partial charge on any atom is 0.0922 e. The third-order valence-electron chi connectivity index (χ3n) is 0.856. The first kappa shape index (κ1) is 8.86. The summed E-state index contributed by atoms with van der Waals surface area (Å²) < 4.78 is 13.7. The maximum atomic E-state index is 12.1. The molecule has 0 bridgehead atoms. The van der Waals surface area contributed by atoms with Gasteiger partial charge in [0.2, 0.25) is 0 Å². The minimum atomic E-state index is 0.216. The van der Waals surface area contributed by atoms with E-state index in [-0.39, 0.29) is 12.1 Å². The van der Waals surface area contributed by atoms with Crippen molar-refractivity contribution in [2.45, 2.75) is 9.10 Å². The fourth-order valence-corrected chi connectivity index (χ4v) is 3.26. The van der Waals surface area contributed by atoms with Crippen molar-refractivity contribution in [2.24, 2.45) is 5.14 Å². The summed E-state index contributed by atoms with van der Waals surface area (Å²) in [6.07, 6.45) is 0. The summed E-state index contributed by atoms with van der Waals surface area (Å²) >= 11 is 5.91. The van der Waals surface area contributed by atoms with Gasteiger partial charge in [0.1, 0.15) is 0 Å². The molecule has 2 N–H and O–H groups in total. The molecule has 0 atom stereocenters. The van der Waals surface area contributed by atoms with Crippen LogP contribution in [0.2, 0.25) is 0 Å². The number of nitrogens with two attached hydrogens (primary N) is 1. The van der Waals surface area contributed by atoms with Gasteiger partial charge in [0, 0.05) is 9.85 Å². The molecule has 0 amide bonds. The van der Waals surface area contributed by atoms with E-state index in [1.807, 2.05) is 5.38 Å². The van der Waals surface area contributed by atoms with Crippen LogP contribution in [0.25, 0.3) is 0 Å². The van der Waals surface area contributed by atoms with Crippen LogP contribution in [0.3, 0.4) is 0 Å². The van der Waals surface area contributed by atoms with Crippen LogP contribution < -0.4 is 5.14 Å². The maximum absolute atomic E-state index is 12.1. The Morgan fingerprint density at radius 3 is 2.80 bits per heavy atom. The molecular weight excluding hydrogens is 257 g/mol. The van der Waals surface area contributed by atoms with E-state index in [1.165, 1.54) is 11.3 Å². The lowest BCUT2D eigenvalue weighted by molar-refractivity contribution is 0.930. The second-order valence-electron chi connectivity index (χ2n) is 1.40. The van der Waals surface area contributed by atoms with Gasteiger partial charge in [0.05, 0.1) is 21.3 Å². The molecule has 1 aromatic rings. The largest absolute Gasteiger partial charge is 0.273 e. The summed E-state index contributed by atoms with van der Waals surface area (Å²) in [5, 5.41) is 7.08. The Morgan fingerprint density at radius 2 is 2.40 bits per heavy atom. The van der Waals surface area contributed by atoms with Crippen LogP contribution in [0.15, 0.2) is 19.0 Å². The summed E-state index contributed by atoms with van der Waals surface area (Å²) in [5.74, 6) is 0. The highest BCUT2D eigenvalue weighted by atomic mass is 79.9. The van der Waals surface area contributed by atoms with Crippen molar-refractivity contribution in [3.05, 3.63) is 9.85 Å². The molecule has 56 valence electrons. The molecule has 1 heterocycles. The van der Waals surface area contributed by atoms with E-state index in [2.05, 4.69) is 15.9 Å². The van der Waals surface area contributed by atoms with E-state index in [1.54, 1.807) is 0 Å². The van der Waals surface area contributed by atoms with Crippen LogP contribution in [0.4, 0.5) is 3.89 Å². The number of hydrogen-bond acceptors (Lipinski definition) is 4. The standard InChI is InChI=1S/C4H3BrFNS3/c5-2-1-8-4(10-7)3(2)9-6/h1H,7H2. The molecule has 0 saturated heterocycles. The fourth-order valence-electron chi connectivity index (χ4n) is 0.459. The highest BCUT2D eigenvalue weighted by molar-refractivity contribution is 9.10. The van der Waals surface area contributed by atoms with E-state index in [9.17, 15) is 3.89 Å². The average Bonchev–Trinajstić information content (AvgIpc) is 2.30. The average molecular weight is 260 g/mol. The van der Waals surface area contributed by atoms with Crippen LogP contribution in [0.1, 0.15) is 0 Å². The van der Waals surface area contributed by atoms with E-state index in [0.29, 0.717) is 4.90 Å². The molecular formula is C4H3BrFNS3. The fraction of sp³-hybridized carbons (Fsp3) is 0. The molecule has 0 aliphatic heterocycles. The minimum absolute atomic E-state index is 0.216. The highest BCUT2D eigenvalue weighted by Gasteiger charge is 2.09. The molecule has 0 aromatic carbocycles. The molecule has 1 rings (SSSR count). The van der Waals surface area contributed by atoms with Crippen molar-refractivity contribution in [3.8, 4) is 0 Å². The normalized spacial score (nSPS) is 10.3. The van der Waals surface area contributed by atoms with Gasteiger partial charge in [-0.05, 0) is 27.9 Å². The molecule has 1 aromatic heterocycles. The van der Waals surface area contributed by atoms with Gasteiger partial charge in [-0.2, -0.15) is 3.89 Å². The van der Waals surface area contributed by atoms with E-state index >= 15 is 0 Å². The van der Waals surface area contributed by atoms with Crippen molar-refractivity contribution >= 4 is 51.4 Å². The van der Waals surface area contributed by atoms with Crippen LogP contribution >= 0.6 is 51.4 Å². The quantitative estimate of drug-likeness (QED) is 0.825. The molecule has 6 heteroatoms. The van der Waals surface area contributed by atoms with Crippen LogP contribution in [-0.4, -0.2) is 0 Å². The zero-order valence-electron chi connectivity index (χ0n) is 4.64. The van der Waals surface area contributed by atoms with Crippen molar-refractivity contribution < 1.29 is 3.89 Å². The molecule has 0 fully saturated rings. The smallest absolute Gasteiger partial charge is 0.0922 e. The Morgan fingerprint density at radius 1 is 1.70 bits per heavy atom. The molecule has 0 unspecified atom stereocenters. The van der Waals surface area contributed by atoms with Gasteiger partial charge in [-0.1, -0.05) is 0 Å². The third kappa shape index (κ3) is 1.68. The van der Waals surface area contributed by atoms with Gasteiger partial charge in [0.25, 0.3) is 0 Å². The molecule has 0 aliphatic carbocycles. The summed E-state index contributed by atoms with van der Waals surface area (Å²) in [7, 11) is 0. The second-order valence-corrected chi connectivity index (χ2v) is 4.59. The Balaban J connectivity index is 3.01. The number of rotatable bonds is 2. The molecule has 0 spiro atoms. The first-order valence-corrected chi connectivity index (χ1v) is 5.48. The predicted molar refractivity (Wildman–Crippen MR) is 49.0 cm³/mol. The monoisotopic (exact) mass is 259 g/mol. The Hall–Kier alpha value is 0.770. The van der Waals surface area contributed by atoms with Crippen molar-refractivity contribution in [2.75, 3.05) is 0 Å². The van der Waals surface area contributed by atoms with Crippen LogP contribution in [-0.2, 0) is 0 Å². The zero-order chi connectivity index (χ0) is 7.56. The lowest BCUT2D eigenvalue weighted by atomic mass is 10.7. The summed E-state index contributed by atoms with van der Waals surface area (Å²) in [6.45, 7) is 0. The highest BCUT2D eigenvalue weighted by Crippen LogP contribution is 2.40. The summed E-state index contributed by atoms with van der Waals surface area (Å²) in [4.78, 5) is 0.581. The minimum Gasteiger partial charge on any atom is -0.273 e. The second kappa shape index (κ2) is 3.96. The van der Waals surface area contributed by atoms with Crippen LogP contribution in [0.5, 0.6) is 0 Å². The topological polar surface area (TPSA) is 26.0 Å². The van der Waals surface area contributed by atoms with Gasteiger partial charge < -0.3 is 0 Å². The lowest BCUT2D eigenvalue weighted by Gasteiger charge is -1.91. The number of thiophene rings is 1. The van der Waals surface area contributed by atoms with E-state index in [4.69, 9.17) is 5.14 Å². The molecule has 1 nitrogen and oxygen atoms in total. The Bertz CT molecular complexity index is 226. The predicted octanol–water partition coefficient (Wildman–Crippen LogP) is 3.45. The van der Waals surface area contributed by atoms with Crippen molar-refractivity contribution in [3.63, 3.8) is 0 Å². The number of halogens is 2. The third-order valence-corrected chi connectivity index (χ3v) is 4.65. The van der Waals surface area contributed by atoms with Gasteiger partial charge in [-0.15, -0.1) is 11.3 Å². The van der Waals surface area contributed by atoms with E-state index < -0.39 is 0 Å². The van der Waals surface area contributed by atoms with E-state index in [0.717, 1.165) is 20.6 Å². The number of hydrogen-bond donors (Lipinski definition) is 1. The zero-order valence-corrected chi connectivity index (χ0v) is 8.67. The van der Waals surface area contributed by atoms with Gasteiger partial charge in [0.15, 0.2) is 0 Å². The molecule has 0 radical (unpaired) electrons. The lowest BCUT2D eigenvalue weighted by Crippen LogP contribution is -1.75. The van der Waals surface area contributed by atoms with Gasteiger partial charge >= 0.3 is 0 Å². The van der Waals surface area contributed by atoms with Crippen LogP contribution in [0, 0.1) is 0 Å². The summed E-state index contributed by atoms with van der Waals surface area (Å²) in [5.41, 5.74) is 0. The Kier molecular flexibility index (Phi) is 3.51. The van der Waals surface area contributed by atoms with Crippen molar-refractivity contribution in [1.29, 1.82) is 0 Å².